The fraction of sp³-hybridized carbons (Fsp3) is 0.0455. The van der Waals surface area contributed by atoms with Gasteiger partial charge < -0.3 is 4.40 Å². The van der Waals surface area contributed by atoms with E-state index < -0.39 is 9.84 Å². The first-order chi connectivity index (χ1) is 14.5. The number of pyridine rings is 1. The molecular formula is C22H16N4O3S. The van der Waals surface area contributed by atoms with Gasteiger partial charge in [-0.25, -0.2) is 18.1 Å². The van der Waals surface area contributed by atoms with Crippen LogP contribution in [0.1, 0.15) is 5.69 Å². The predicted molar refractivity (Wildman–Crippen MR) is 112 cm³/mol. The number of aromatic nitrogens is 4. The molecule has 8 heteroatoms. The quantitative estimate of drug-likeness (QED) is 0.450. The minimum Gasteiger partial charge on any atom is -0.302 e. The smallest absolute Gasteiger partial charge is 0.274 e. The first kappa shape index (κ1) is 18.3. The molecule has 5 rings (SSSR count). The molecule has 7 nitrogen and oxygen atoms in total. The van der Waals surface area contributed by atoms with Crippen LogP contribution in [-0.4, -0.2) is 27.6 Å². The van der Waals surface area contributed by atoms with Crippen molar-refractivity contribution < 1.29 is 8.42 Å². The van der Waals surface area contributed by atoms with Gasteiger partial charge in [0.05, 0.1) is 39.8 Å². The fourth-order valence-electron chi connectivity index (χ4n) is 3.44. The van der Waals surface area contributed by atoms with Crippen LogP contribution in [-0.2, 0) is 16.4 Å². The van der Waals surface area contributed by atoms with Crippen molar-refractivity contribution in [2.45, 2.75) is 16.3 Å². The second-order valence-corrected chi connectivity index (χ2v) is 8.80. The Labute approximate surface area is 171 Å². The molecule has 0 saturated heterocycles. The summed E-state index contributed by atoms with van der Waals surface area (Å²) in [5, 5.41) is 5.14. The molecule has 5 aromatic rings. The summed E-state index contributed by atoms with van der Waals surface area (Å²) in [5.74, 6) is 0. The molecule has 30 heavy (non-hydrogen) atoms. The van der Waals surface area contributed by atoms with E-state index >= 15 is 0 Å². The van der Waals surface area contributed by atoms with Crippen molar-refractivity contribution in [3.63, 3.8) is 0 Å². The molecule has 0 aliphatic carbocycles. The number of imidazole rings is 1. The molecule has 3 heterocycles. The summed E-state index contributed by atoms with van der Waals surface area (Å²) in [7, 11) is -3.67. The maximum absolute atomic E-state index is 12.9. The van der Waals surface area contributed by atoms with Gasteiger partial charge in [-0.05, 0) is 42.5 Å². The summed E-state index contributed by atoms with van der Waals surface area (Å²) >= 11 is 0. The lowest BCUT2D eigenvalue weighted by Crippen LogP contribution is -2.24. The Kier molecular flexibility index (Phi) is 4.22. The fourth-order valence-corrected chi connectivity index (χ4v) is 4.75. The topological polar surface area (TPSA) is 86.3 Å². The van der Waals surface area contributed by atoms with Gasteiger partial charge in [-0.3, -0.25) is 4.79 Å². The Hall–Kier alpha value is -3.78. The van der Waals surface area contributed by atoms with Gasteiger partial charge >= 0.3 is 0 Å². The molecule has 0 aliphatic rings. The first-order valence-corrected chi connectivity index (χ1v) is 10.7. The van der Waals surface area contributed by atoms with E-state index in [1.807, 2.05) is 28.8 Å². The molecule has 148 valence electrons. The van der Waals surface area contributed by atoms with Crippen LogP contribution in [0.15, 0.2) is 99.9 Å². The number of rotatable bonds is 4. The summed E-state index contributed by atoms with van der Waals surface area (Å²) in [4.78, 5) is 17.6. The highest BCUT2D eigenvalue weighted by molar-refractivity contribution is 7.91. The van der Waals surface area contributed by atoms with E-state index in [4.69, 9.17) is 0 Å². The summed E-state index contributed by atoms with van der Waals surface area (Å²) in [6, 6.07) is 18.4. The number of hydrogen-bond donors (Lipinski definition) is 0. The zero-order chi connectivity index (χ0) is 20.7. The van der Waals surface area contributed by atoms with E-state index in [1.165, 1.54) is 23.0 Å². The lowest BCUT2D eigenvalue weighted by Gasteiger charge is -2.08. The summed E-state index contributed by atoms with van der Waals surface area (Å²) in [6.07, 6.45) is 5.11. The number of hydrogen-bond acceptors (Lipinski definition) is 5. The lowest BCUT2D eigenvalue weighted by molar-refractivity contribution is 0.596. The highest BCUT2D eigenvalue weighted by Gasteiger charge is 2.18. The first-order valence-electron chi connectivity index (χ1n) is 9.25. The minimum atomic E-state index is -3.67. The Morgan fingerprint density at radius 3 is 2.50 bits per heavy atom. The predicted octanol–water partition coefficient (Wildman–Crippen LogP) is 2.93. The van der Waals surface area contributed by atoms with Crippen LogP contribution in [0.3, 0.4) is 0 Å². The average molecular weight is 416 g/mol. The second kappa shape index (κ2) is 6.93. The van der Waals surface area contributed by atoms with E-state index in [2.05, 4.69) is 10.1 Å². The molecule has 0 N–H and O–H groups in total. The zero-order valence-corrected chi connectivity index (χ0v) is 16.5. The maximum atomic E-state index is 12.9. The van der Waals surface area contributed by atoms with Crippen molar-refractivity contribution in [1.29, 1.82) is 0 Å². The molecule has 0 aliphatic heterocycles. The van der Waals surface area contributed by atoms with Crippen LogP contribution in [0.25, 0.3) is 16.4 Å². The third-order valence-corrected chi connectivity index (χ3v) is 6.76. The van der Waals surface area contributed by atoms with Crippen LogP contribution in [0, 0.1) is 0 Å². The van der Waals surface area contributed by atoms with Gasteiger partial charge in [0, 0.05) is 11.6 Å². The van der Waals surface area contributed by atoms with Gasteiger partial charge in [0.15, 0.2) is 0 Å². The highest BCUT2D eigenvalue weighted by Crippen LogP contribution is 2.23. The lowest BCUT2D eigenvalue weighted by atomic mass is 10.2. The van der Waals surface area contributed by atoms with Gasteiger partial charge in [-0.2, -0.15) is 5.10 Å². The number of fused-ring (bicyclic) bond motifs is 2. The number of nitrogens with zero attached hydrogens (tertiary/aromatic N) is 4. The Bertz CT molecular complexity index is 1550. The molecule has 0 atom stereocenters. The van der Waals surface area contributed by atoms with Gasteiger partial charge in [0.1, 0.15) is 5.65 Å². The van der Waals surface area contributed by atoms with Gasteiger partial charge in [0.2, 0.25) is 9.84 Å². The van der Waals surface area contributed by atoms with Crippen LogP contribution < -0.4 is 5.56 Å². The van der Waals surface area contributed by atoms with E-state index in [-0.39, 0.29) is 21.9 Å². The van der Waals surface area contributed by atoms with Crippen LogP contribution in [0.4, 0.5) is 0 Å². The van der Waals surface area contributed by atoms with Crippen molar-refractivity contribution in [1.82, 2.24) is 19.2 Å². The van der Waals surface area contributed by atoms with Crippen molar-refractivity contribution in [3.8, 4) is 0 Å². The minimum absolute atomic E-state index is 0.127. The van der Waals surface area contributed by atoms with E-state index in [1.54, 1.807) is 42.6 Å². The van der Waals surface area contributed by atoms with Crippen molar-refractivity contribution in [3.05, 3.63) is 101 Å². The van der Waals surface area contributed by atoms with E-state index in [0.29, 0.717) is 10.8 Å². The van der Waals surface area contributed by atoms with Crippen molar-refractivity contribution >= 4 is 26.3 Å². The van der Waals surface area contributed by atoms with Gasteiger partial charge in [-0.15, -0.1) is 0 Å². The van der Waals surface area contributed by atoms with Crippen molar-refractivity contribution in [2.24, 2.45) is 0 Å². The molecular weight excluding hydrogens is 400 g/mol. The monoisotopic (exact) mass is 416 g/mol. The SMILES string of the molecule is O=c1c2ccc(S(=O)(=O)c3ccccc3)cc2cnn1Cc1cnc2ccccn12. The molecule has 2 aromatic carbocycles. The molecule has 3 aromatic heterocycles. The molecule has 0 unspecified atom stereocenters. The summed E-state index contributed by atoms with van der Waals surface area (Å²) in [5.41, 5.74) is 1.32. The third-order valence-electron chi connectivity index (χ3n) is 4.99. The molecule has 0 saturated carbocycles. The molecule has 0 radical (unpaired) electrons. The van der Waals surface area contributed by atoms with Crippen LogP contribution in [0.2, 0.25) is 0 Å². The number of benzene rings is 2. The highest BCUT2D eigenvalue weighted by atomic mass is 32.2. The van der Waals surface area contributed by atoms with Gasteiger partial charge in [-0.1, -0.05) is 24.3 Å². The number of sulfone groups is 1. The largest absolute Gasteiger partial charge is 0.302 e. The summed E-state index contributed by atoms with van der Waals surface area (Å²) < 4.78 is 29.0. The van der Waals surface area contributed by atoms with Crippen LogP contribution >= 0.6 is 0 Å². The Balaban J connectivity index is 1.56. The van der Waals surface area contributed by atoms with E-state index in [9.17, 15) is 13.2 Å². The second-order valence-electron chi connectivity index (χ2n) is 6.85. The molecule has 0 amide bonds. The normalized spacial score (nSPS) is 11.9. The standard InChI is InChI=1S/C22H16N4O3S/c27-22-20-10-9-19(30(28,29)18-6-2-1-3-7-18)12-16(20)13-24-26(22)15-17-14-23-21-8-4-5-11-25(17)21/h1-14H,15H2. The molecule has 0 fully saturated rings. The van der Waals surface area contributed by atoms with Crippen LogP contribution in [0.5, 0.6) is 0 Å². The zero-order valence-electron chi connectivity index (χ0n) is 15.7. The third kappa shape index (κ3) is 2.98. The Morgan fingerprint density at radius 2 is 1.67 bits per heavy atom. The molecule has 0 spiro atoms. The maximum Gasteiger partial charge on any atom is 0.274 e. The van der Waals surface area contributed by atoms with E-state index in [0.717, 1.165) is 11.3 Å². The molecule has 0 bridgehead atoms. The van der Waals surface area contributed by atoms with Crippen molar-refractivity contribution in [2.75, 3.05) is 0 Å². The summed E-state index contributed by atoms with van der Waals surface area (Å²) in [6.45, 7) is 0.254. The average Bonchev–Trinajstić information content (AvgIpc) is 3.19. The Morgan fingerprint density at radius 1 is 0.867 bits per heavy atom. The van der Waals surface area contributed by atoms with Gasteiger partial charge in [0.25, 0.3) is 5.56 Å².